The molecule has 0 atom stereocenters. The van der Waals surface area contributed by atoms with Crippen LogP contribution in [0.1, 0.15) is 10.4 Å². The van der Waals surface area contributed by atoms with Crippen molar-refractivity contribution in [1.82, 2.24) is 20.4 Å². The quantitative estimate of drug-likeness (QED) is 0.301. The van der Waals surface area contributed by atoms with Gasteiger partial charge in [-0.2, -0.15) is 0 Å². The number of hydrazine groups is 1. The van der Waals surface area contributed by atoms with Crippen LogP contribution in [0.15, 0.2) is 48.9 Å². The third-order valence-corrected chi connectivity index (χ3v) is 3.96. The Morgan fingerprint density at radius 1 is 1.14 bits per heavy atom. The Morgan fingerprint density at radius 2 is 1.90 bits per heavy atom. The van der Waals surface area contributed by atoms with Gasteiger partial charge in [0.2, 0.25) is 11.6 Å². The molecule has 148 valence electrons. The Kier molecular flexibility index (Phi) is 6.00. The molecule has 0 fully saturated rings. The smallest absolute Gasteiger partial charge is 0.355 e. The van der Waals surface area contributed by atoms with Crippen LogP contribution < -0.4 is 20.9 Å². The molecule has 0 spiro atoms. The van der Waals surface area contributed by atoms with E-state index in [0.29, 0.717) is 11.4 Å². The molecule has 0 radical (unpaired) electrons. The van der Waals surface area contributed by atoms with E-state index in [0.717, 1.165) is 6.33 Å². The van der Waals surface area contributed by atoms with Crippen molar-refractivity contribution >= 4 is 40.5 Å². The number of hydrogen-bond acceptors (Lipinski definition) is 9. The summed E-state index contributed by atoms with van der Waals surface area (Å²) in [6.45, 7) is 0. The number of nitrogens with zero attached hydrogens (tertiary/aromatic N) is 4. The predicted molar refractivity (Wildman–Crippen MR) is 105 cm³/mol. The van der Waals surface area contributed by atoms with E-state index in [1.807, 2.05) is 0 Å². The first-order valence-electron chi connectivity index (χ1n) is 8.07. The summed E-state index contributed by atoms with van der Waals surface area (Å²) in [6.07, 6.45) is 2.57. The van der Waals surface area contributed by atoms with Gasteiger partial charge in [-0.05, 0) is 24.3 Å². The second kappa shape index (κ2) is 8.80. The van der Waals surface area contributed by atoms with Crippen LogP contribution in [0.3, 0.4) is 0 Å². The summed E-state index contributed by atoms with van der Waals surface area (Å²) >= 11 is 5.97. The fourth-order valence-electron chi connectivity index (χ4n) is 2.36. The molecule has 11 nitrogen and oxygen atoms in total. The first-order chi connectivity index (χ1) is 14.0. The molecule has 3 N–H and O–H groups in total. The molecule has 12 heteroatoms. The van der Waals surface area contributed by atoms with Gasteiger partial charge in [0, 0.05) is 6.20 Å². The van der Waals surface area contributed by atoms with Crippen molar-refractivity contribution in [3.05, 3.63) is 69.8 Å². The molecule has 29 heavy (non-hydrogen) atoms. The van der Waals surface area contributed by atoms with E-state index in [9.17, 15) is 14.9 Å². The fraction of sp³-hybridized carbons (Fsp3) is 0.0588. The topological polar surface area (TPSA) is 144 Å². The van der Waals surface area contributed by atoms with Crippen LogP contribution in [0.4, 0.5) is 23.0 Å². The predicted octanol–water partition coefficient (Wildman–Crippen LogP) is 2.94. The van der Waals surface area contributed by atoms with Crippen LogP contribution >= 0.6 is 11.6 Å². The lowest BCUT2D eigenvalue weighted by Gasteiger charge is -2.12. The number of halogens is 1. The number of hydrogen-bond donors (Lipinski definition) is 3. The van der Waals surface area contributed by atoms with Crippen molar-refractivity contribution in [2.24, 2.45) is 0 Å². The number of ether oxygens (including phenoxy) is 1. The third kappa shape index (κ3) is 4.47. The molecule has 0 aliphatic rings. The van der Waals surface area contributed by atoms with Crippen molar-refractivity contribution in [3.8, 4) is 5.75 Å². The van der Waals surface area contributed by atoms with Crippen LogP contribution in [-0.4, -0.2) is 32.9 Å². The Labute approximate surface area is 169 Å². The van der Waals surface area contributed by atoms with Gasteiger partial charge in [-0.1, -0.05) is 23.7 Å². The molecule has 2 aromatic heterocycles. The Morgan fingerprint density at radius 3 is 2.62 bits per heavy atom. The lowest BCUT2D eigenvalue weighted by atomic mass is 10.2. The van der Waals surface area contributed by atoms with Gasteiger partial charge in [0.05, 0.1) is 23.3 Å². The molecule has 2 heterocycles. The monoisotopic (exact) mass is 415 g/mol. The number of anilines is 3. The van der Waals surface area contributed by atoms with E-state index in [2.05, 4.69) is 31.1 Å². The summed E-state index contributed by atoms with van der Waals surface area (Å²) in [5.74, 6) is -0.581. The van der Waals surface area contributed by atoms with Crippen molar-refractivity contribution in [2.45, 2.75) is 0 Å². The Hall–Kier alpha value is -3.99. The van der Waals surface area contributed by atoms with Crippen LogP contribution in [-0.2, 0) is 0 Å². The molecular weight excluding hydrogens is 402 g/mol. The summed E-state index contributed by atoms with van der Waals surface area (Å²) in [6, 6.07) is 9.71. The highest BCUT2D eigenvalue weighted by Gasteiger charge is 2.24. The molecule has 0 unspecified atom stereocenters. The molecular formula is C17H14ClN7O4. The zero-order chi connectivity index (χ0) is 20.8. The number of methoxy groups -OCH3 is 1. The zero-order valence-corrected chi connectivity index (χ0v) is 15.7. The van der Waals surface area contributed by atoms with Crippen molar-refractivity contribution in [1.29, 1.82) is 0 Å². The van der Waals surface area contributed by atoms with Crippen LogP contribution in [0.2, 0.25) is 5.15 Å². The van der Waals surface area contributed by atoms with Gasteiger partial charge in [-0.3, -0.25) is 25.8 Å². The number of amides is 1. The average Bonchev–Trinajstić information content (AvgIpc) is 2.73. The average molecular weight is 416 g/mol. The Balaban J connectivity index is 1.85. The van der Waals surface area contributed by atoms with Crippen molar-refractivity contribution in [3.63, 3.8) is 0 Å². The minimum absolute atomic E-state index is 0.111. The number of aromatic nitrogens is 3. The van der Waals surface area contributed by atoms with Gasteiger partial charge in [0.15, 0.2) is 5.15 Å². The second-order valence-electron chi connectivity index (χ2n) is 5.42. The molecule has 3 rings (SSSR count). The minimum Gasteiger partial charge on any atom is -0.496 e. The van der Waals surface area contributed by atoms with Gasteiger partial charge in [-0.25, -0.2) is 15.0 Å². The van der Waals surface area contributed by atoms with E-state index in [1.165, 1.54) is 13.3 Å². The summed E-state index contributed by atoms with van der Waals surface area (Å²) in [5, 5.41) is 14.4. The summed E-state index contributed by atoms with van der Waals surface area (Å²) in [7, 11) is 1.43. The molecule has 3 aromatic rings. The van der Waals surface area contributed by atoms with Crippen molar-refractivity contribution in [2.75, 3.05) is 17.9 Å². The number of nitrogens with one attached hydrogen (secondary N) is 3. The Bertz CT molecular complexity index is 1060. The summed E-state index contributed by atoms with van der Waals surface area (Å²) in [5.41, 5.74) is 4.87. The highest BCUT2D eigenvalue weighted by Crippen LogP contribution is 2.32. The summed E-state index contributed by atoms with van der Waals surface area (Å²) < 4.78 is 5.13. The molecule has 1 amide bonds. The highest BCUT2D eigenvalue weighted by molar-refractivity contribution is 6.32. The van der Waals surface area contributed by atoms with Crippen LogP contribution in [0, 0.1) is 10.1 Å². The standard InChI is InChI=1S/C17H14ClN7O4/c1-29-12-7-3-2-5-10(12)17(26)24-23-16-13(25(27)28)15(20-9-21-16)22-11-6-4-8-19-14(11)18/h2-9H,1H3,(H,24,26)(H2,20,21,22,23). The number of pyridine rings is 1. The zero-order valence-electron chi connectivity index (χ0n) is 14.9. The maximum Gasteiger partial charge on any atom is 0.355 e. The summed E-state index contributed by atoms with van der Waals surface area (Å²) in [4.78, 5) is 34.9. The number of rotatable bonds is 7. The van der Waals surface area contributed by atoms with E-state index < -0.39 is 16.5 Å². The van der Waals surface area contributed by atoms with E-state index >= 15 is 0 Å². The fourth-order valence-corrected chi connectivity index (χ4v) is 2.52. The molecule has 0 aliphatic carbocycles. The van der Waals surface area contributed by atoms with Gasteiger partial charge < -0.3 is 10.1 Å². The first-order valence-corrected chi connectivity index (χ1v) is 8.45. The lowest BCUT2D eigenvalue weighted by molar-refractivity contribution is -0.383. The molecule has 1 aromatic carbocycles. The van der Waals surface area contributed by atoms with Crippen molar-refractivity contribution < 1.29 is 14.5 Å². The number of para-hydroxylation sites is 1. The van der Waals surface area contributed by atoms with Gasteiger partial charge in [-0.15, -0.1) is 0 Å². The minimum atomic E-state index is -0.690. The van der Waals surface area contributed by atoms with Crippen LogP contribution in [0.25, 0.3) is 0 Å². The molecule has 0 saturated carbocycles. The van der Waals surface area contributed by atoms with Crippen LogP contribution in [0.5, 0.6) is 5.75 Å². The lowest BCUT2D eigenvalue weighted by Crippen LogP contribution is -2.30. The number of benzene rings is 1. The van der Waals surface area contributed by atoms with Gasteiger partial charge in [0.25, 0.3) is 5.91 Å². The largest absolute Gasteiger partial charge is 0.496 e. The maximum atomic E-state index is 12.4. The van der Waals surface area contributed by atoms with E-state index in [-0.39, 0.29) is 22.4 Å². The molecule has 0 aliphatic heterocycles. The third-order valence-electron chi connectivity index (χ3n) is 3.66. The second-order valence-corrected chi connectivity index (χ2v) is 5.78. The highest BCUT2D eigenvalue weighted by atomic mass is 35.5. The molecule has 0 bridgehead atoms. The normalized spacial score (nSPS) is 10.1. The maximum absolute atomic E-state index is 12.4. The van der Waals surface area contributed by atoms with Gasteiger partial charge in [0.1, 0.15) is 12.1 Å². The molecule has 0 saturated heterocycles. The SMILES string of the molecule is COc1ccccc1C(=O)NNc1ncnc(Nc2cccnc2Cl)c1[N+](=O)[O-]. The number of nitro groups is 1. The first kappa shape index (κ1) is 19.8. The van der Waals surface area contributed by atoms with E-state index in [4.69, 9.17) is 16.3 Å². The number of carbonyl (C=O) groups excluding carboxylic acids is 1. The van der Waals surface area contributed by atoms with E-state index in [1.54, 1.807) is 36.4 Å². The number of carbonyl (C=O) groups is 1. The van der Waals surface area contributed by atoms with Gasteiger partial charge >= 0.3 is 5.69 Å².